The van der Waals surface area contributed by atoms with Gasteiger partial charge in [0.15, 0.2) is 11.5 Å². The van der Waals surface area contributed by atoms with E-state index in [1.807, 2.05) is 0 Å². The predicted octanol–water partition coefficient (Wildman–Crippen LogP) is 3.61. The second kappa shape index (κ2) is 5.06. The molecule has 0 saturated carbocycles. The van der Waals surface area contributed by atoms with Crippen molar-refractivity contribution < 1.29 is 19.1 Å². The molecule has 0 bridgehead atoms. The first-order valence-electron chi connectivity index (χ1n) is 5.86. The number of aromatic nitrogens is 2. The highest BCUT2D eigenvalue weighted by atomic mass is 35.5. The van der Waals surface area contributed by atoms with Crippen molar-refractivity contribution in [2.24, 2.45) is 0 Å². The number of halogens is 2. The van der Waals surface area contributed by atoms with Crippen LogP contribution in [0.5, 0.6) is 11.5 Å². The lowest BCUT2D eigenvalue weighted by Crippen LogP contribution is -1.84. The van der Waals surface area contributed by atoms with E-state index < -0.39 is 5.82 Å². The molecule has 3 aromatic rings. The molecule has 1 heterocycles. The monoisotopic (exact) mass is 306 g/mol. The molecule has 0 aliphatic heterocycles. The number of rotatable bonds is 2. The lowest BCUT2D eigenvalue weighted by Gasteiger charge is -2.00. The van der Waals surface area contributed by atoms with Gasteiger partial charge < -0.3 is 14.7 Å². The van der Waals surface area contributed by atoms with Crippen molar-refractivity contribution >= 4 is 11.6 Å². The summed E-state index contributed by atoms with van der Waals surface area (Å²) < 4.78 is 18.1. The Labute approximate surface area is 123 Å². The lowest BCUT2D eigenvalue weighted by atomic mass is 10.2. The highest BCUT2D eigenvalue weighted by Crippen LogP contribution is 2.36. The van der Waals surface area contributed by atoms with E-state index in [-0.39, 0.29) is 33.8 Å². The Bertz CT molecular complexity index is 820. The van der Waals surface area contributed by atoms with Crippen molar-refractivity contribution in [1.29, 1.82) is 0 Å². The Morgan fingerprint density at radius 3 is 2.67 bits per heavy atom. The zero-order chi connectivity index (χ0) is 15.0. The Hall–Kier alpha value is -2.60. The summed E-state index contributed by atoms with van der Waals surface area (Å²) in [4.78, 5) is 4.09. The first-order chi connectivity index (χ1) is 10.1. The smallest absolute Gasteiger partial charge is 0.262 e. The van der Waals surface area contributed by atoms with Gasteiger partial charge in [0.1, 0.15) is 5.82 Å². The minimum Gasteiger partial charge on any atom is -0.504 e. The predicted molar refractivity (Wildman–Crippen MR) is 73.5 cm³/mol. The van der Waals surface area contributed by atoms with Gasteiger partial charge in [-0.15, -0.1) is 0 Å². The molecule has 0 aliphatic rings. The summed E-state index contributed by atoms with van der Waals surface area (Å²) in [6.07, 6.45) is 0. The zero-order valence-electron chi connectivity index (χ0n) is 10.4. The summed E-state index contributed by atoms with van der Waals surface area (Å²) in [6.45, 7) is 0. The van der Waals surface area contributed by atoms with E-state index in [2.05, 4.69) is 10.1 Å². The van der Waals surface area contributed by atoms with Crippen LogP contribution < -0.4 is 0 Å². The number of phenolic OH excluding ortho intramolecular Hbond substituents is 2. The number of hydrogen-bond donors (Lipinski definition) is 2. The second-order valence-corrected chi connectivity index (χ2v) is 4.63. The van der Waals surface area contributed by atoms with Crippen LogP contribution >= 0.6 is 11.6 Å². The minimum absolute atomic E-state index is 0.0128. The maximum atomic E-state index is 13.0. The topological polar surface area (TPSA) is 79.4 Å². The van der Waals surface area contributed by atoms with Gasteiger partial charge in [-0.25, -0.2) is 4.39 Å². The standard InChI is InChI=1S/C14H8ClFN2O3/c15-10-6-7(16)4-5-8(10)13-17-14(21-18-13)9-2-1-3-11(19)12(9)20/h1-6,19-20H. The largest absolute Gasteiger partial charge is 0.504 e. The van der Waals surface area contributed by atoms with Gasteiger partial charge in [-0.1, -0.05) is 22.8 Å². The first-order valence-corrected chi connectivity index (χ1v) is 6.24. The highest BCUT2D eigenvalue weighted by Gasteiger charge is 2.17. The van der Waals surface area contributed by atoms with E-state index in [9.17, 15) is 14.6 Å². The van der Waals surface area contributed by atoms with Crippen LogP contribution in [0.2, 0.25) is 5.02 Å². The van der Waals surface area contributed by atoms with Gasteiger partial charge in [-0.3, -0.25) is 0 Å². The average molecular weight is 307 g/mol. The van der Waals surface area contributed by atoms with Crippen molar-refractivity contribution in [3.05, 3.63) is 47.2 Å². The molecule has 7 heteroatoms. The number of aromatic hydroxyl groups is 2. The van der Waals surface area contributed by atoms with Gasteiger partial charge >= 0.3 is 0 Å². The Morgan fingerprint density at radius 1 is 1.10 bits per heavy atom. The molecule has 2 N–H and O–H groups in total. The maximum Gasteiger partial charge on any atom is 0.262 e. The van der Waals surface area contributed by atoms with Crippen LogP contribution in [0, 0.1) is 5.82 Å². The molecule has 21 heavy (non-hydrogen) atoms. The molecule has 0 amide bonds. The number of hydrogen-bond acceptors (Lipinski definition) is 5. The average Bonchev–Trinajstić information content (AvgIpc) is 2.91. The van der Waals surface area contributed by atoms with E-state index in [1.165, 1.54) is 30.3 Å². The fraction of sp³-hybridized carbons (Fsp3) is 0. The van der Waals surface area contributed by atoms with Crippen LogP contribution in [0.25, 0.3) is 22.8 Å². The van der Waals surface area contributed by atoms with E-state index in [4.69, 9.17) is 16.1 Å². The summed E-state index contributed by atoms with van der Waals surface area (Å²) in [5, 5.41) is 23.1. The lowest BCUT2D eigenvalue weighted by molar-refractivity contribution is 0.397. The number of nitrogens with zero attached hydrogens (tertiary/aromatic N) is 2. The van der Waals surface area contributed by atoms with Gasteiger partial charge in [0.05, 0.1) is 10.6 Å². The van der Waals surface area contributed by atoms with E-state index in [1.54, 1.807) is 0 Å². The van der Waals surface area contributed by atoms with Crippen LogP contribution in [-0.4, -0.2) is 20.4 Å². The van der Waals surface area contributed by atoms with Gasteiger partial charge in [-0.2, -0.15) is 4.98 Å². The molecule has 0 radical (unpaired) electrons. The molecule has 0 fully saturated rings. The van der Waals surface area contributed by atoms with Crippen LogP contribution in [-0.2, 0) is 0 Å². The van der Waals surface area contributed by atoms with Gasteiger partial charge in [0.25, 0.3) is 5.89 Å². The number of phenols is 2. The van der Waals surface area contributed by atoms with Crippen LogP contribution in [0.15, 0.2) is 40.9 Å². The molecule has 5 nitrogen and oxygen atoms in total. The molecule has 106 valence electrons. The number of para-hydroxylation sites is 1. The van der Waals surface area contributed by atoms with E-state index in [0.717, 1.165) is 6.07 Å². The molecule has 0 aliphatic carbocycles. The summed E-state index contributed by atoms with van der Waals surface area (Å²) in [5.74, 6) is -0.973. The SMILES string of the molecule is Oc1cccc(-c2nc(-c3ccc(F)cc3Cl)no2)c1O. The third-order valence-electron chi connectivity index (χ3n) is 2.84. The fourth-order valence-electron chi connectivity index (χ4n) is 1.82. The van der Waals surface area contributed by atoms with Crippen molar-refractivity contribution in [1.82, 2.24) is 10.1 Å². The third-order valence-corrected chi connectivity index (χ3v) is 3.16. The van der Waals surface area contributed by atoms with Gasteiger partial charge in [0.2, 0.25) is 5.82 Å². The van der Waals surface area contributed by atoms with Crippen molar-refractivity contribution in [3.63, 3.8) is 0 Å². The van der Waals surface area contributed by atoms with Crippen molar-refractivity contribution in [2.75, 3.05) is 0 Å². The number of benzene rings is 2. The quantitative estimate of drug-likeness (QED) is 0.707. The fourth-order valence-corrected chi connectivity index (χ4v) is 2.07. The van der Waals surface area contributed by atoms with Crippen LogP contribution in [0.4, 0.5) is 4.39 Å². The van der Waals surface area contributed by atoms with Crippen molar-refractivity contribution in [3.8, 4) is 34.3 Å². The molecular formula is C14H8ClFN2O3. The van der Waals surface area contributed by atoms with Crippen LogP contribution in [0.1, 0.15) is 0 Å². The normalized spacial score (nSPS) is 10.8. The summed E-state index contributed by atoms with van der Waals surface area (Å²) in [6, 6.07) is 8.15. The van der Waals surface area contributed by atoms with E-state index >= 15 is 0 Å². The second-order valence-electron chi connectivity index (χ2n) is 4.22. The molecular weight excluding hydrogens is 299 g/mol. The minimum atomic E-state index is -0.474. The molecule has 1 aromatic heterocycles. The molecule has 2 aromatic carbocycles. The third kappa shape index (κ3) is 2.41. The molecule has 0 atom stereocenters. The zero-order valence-corrected chi connectivity index (χ0v) is 11.2. The summed E-state index contributed by atoms with van der Waals surface area (Å²) >= 11 is 5.92. The first kappa shape index (κ1) is 13.4. The summed E-state index contributed by atoms with van der Waals surface area (Å²) in [7, 11) is 0. The molecule has 3 rings (SSSR count). The maximum absolute atomic E-state index is 13.0. The molecule has 0 saturated heterocycles. The Morgan fingerprint density at radius 2 is 1.90 bits per heavy atom. The Kier molecular flexibility index (Phi) is 3.23. The van der Waals surface area contributed by atoms with E-state index in [0.29, 0.717) is 5.56 Å². The van der Waals surface area contributed by atoms with Crippen LogP contribution in [0.3, 0.4) is 0 Å². The van der Waals surface area contributed by atoms with Gasteiger partial charge in [-0.05, 0) is 30.3 Å². The van der Waals surface area contributed by atoms with Gasteiger partial charge in [0, 0.05) is 5.56 Å². The molecule has 0 unspecified atom stereocenters. The highest BCUT2D eigenvalue weighted by molar-refractivity contribution is 6.33. The Balaban J connectivity index is 2.06. The molecule has 0 spiro atoms. The summed E-state index contributed by atoms with van der Waals surface area (Å²) in [5.41, 5.74) is 0.583. The van der Waals surface area contributed by atoms with Crippen molar-refractivity contribution in [2.45, 2.75) is 0 Å².